The molecule has 7 heteroatoms. The molecule has 1 aromatic heterocycles. The lowest BCUT2D eigenvalue weighted by Gasteiger charge is -2.16. The number of rotatable bonds is 5. The van der Waals surface area contributed by atoms with Gasteiger partial charge in [0, 0.05) is 19.6 Å². The van der Waals surface area contributed by atoms with Crippen LogP contribution in [0.3, 0.4) is 0 Å². The van der Waals surface area contributed by atoms with Crippen LogP contribution in [0.5, 0.6) is 0 Å². The average Bonchev–Trinajstić information content (AvgIpc) is 3.11. The van der Waals surface area contributed by atoms with Gasteiger partial charge in [-0.05, 0) is 12.8 Å². The third-order valence-electron chi connectivity index (χ3n) is 3.32. The van der Waals surface area contributed by atoms with Gasteiger partial charge in [0.05, 0.1) is 12.8 Å². The molecular weight excluding hydrogens is 290 g/mol. The number of nitrogens with one attached hydrogen (secondary N) is 1. The van der Waals surface area contributed by atoms with Gasteiger partial charge >= 0.3 is 5.97 Å². The summed E-state index contributed by atoms with van der Waals surface area (Å²) in [5.41, 5.74) is 6.51. The molecule has 0 aromatic carbocycles. The van der Waals surface area contributed by atoms with E-state index in [0.29, 0.717) is 17.0 Å². The smallest absolute Gasteiger partial charge is 0.343 e. The van der Waals surface area contributed by atoms with Crippen LogP contribution < -0.4 is 16.0 Å². The van der Waals surface area contributed by atoms with Gasteiger partial charge in [-0.3, -0.25) is 4.79 Å². The second kappa shape index (κ2) is 6.62. The largest absolute Gasteiger partial charge is 0.465 e. The fourth-order valence-electron chi connectivity index (χ4n) is 2.29. The second-order valence-electron chi connectivity index (χ2n) is 4.71. The summed E-state index contributed by atoms with van der Waals surface area (Å²) < 4.78 is 4.80. The lowest BCUT2D eigenvalue weighted by atomic mass is 10.2. The van der Waals surface area contributed by atoms with Crippen LogP contribution in [-0.4, -0.2) is 38.6 Å². The molecule has 0 atom stereocenters. The molecule has 2 heterocycles. The maximum absolute atomic E-state index is 12.1. The van der Waals surface area contributed by atoms with E-state index in [4.69, 9.17) is 10.5 Å². The Morgan fingerprint density at radius 1 is 1.48 bits per heavy atom. The quantitative estimate of drug-likeness (QED) is 0.638. The average molecular weight is 309 g/mol. The van der Waals surface area contributed by atoms with Crippen molar-refractivity contribution in [3.05, 3.63) is 23.1 Å². The van der Waals surface area contributed by atoms with Gasteiger partial charge in [0.1, 0.15) is 15.4 Å². The lowest BCUT2D eigenvalue weighted by Crippen LogP contribution is -2.23. The Balaban J connectivity index is 2.40. The Morgan fingerprint density at radius 2 is 2.14 bits per heavy atom. The number of nitrogens with two attached hydrogens (primary N) is 1. The van der Waals surface area contributed by atoms with Crippen LogP contribution >= 0.6 is 11.3 Å². The van der Waals surface area contributed by atoms with Crippen LogP contribution in [0.1, 0.15) is 32.9 Å². The minimum absolute atomic E-state index is 0.190. The zero-order valence-electron chi connectivity index (χ0n) is 12.0. The van der Waals surface area contributed by atoms with E-state index in [1.54, 1.807) is 6.08 Å². The number of carbonyl (C=O) groups is 2. The number of amides is 1. The number of hydrogen-bond acceptors (Lipinski definition) is 6. The number of thiophene rings is 1. The standard InChI is InChI=1S/C14H19N3O3S/c1-3-6-16-12(18)11-10(15)9(14(19)20-2)13(21-11)17-7-4-5-8-17/h3H,1,4-8,15H2,2H3,(H,16,18). The van der Waals surface area contributed by atoms with E-state index in [0.717, 1.165) is 30.9 Å². The molecule has 3 N–H and O–H groups in total. The summed E-state index contributed by atoms with van der Waals surface area (Å²) in [6, 6.07) is 0. The predicted molar refractivity (Wildman–Crippen MR) is 84.0 cm³/mol. The summed E-state index contributed by atoms with van der Waals surface area (Å²) in [7, 11) is 1.31. The normalized spacial score (nSPS) is 14.0. The number of carbonyl (C=O) groups excluding carboxylic acids is 2. The van der Waals surface area contributed by atoms with Crippen molar-refractivity contribution in [3.8, 4) is 0 Å². The second-order valence-corrected chi connectivity index (χ2v) is 5.71. The minimum atomic E-state index is -0.506. The van der Waals surface area contributed by atoms with Crippen molar-refractivity contribution in [1.82, 2.24) is 5.32 Å². The topological polar surface area (TPSA) is 84.7 Å². The van der Waals surface area contributed by atoms with Crippen molar-refractivity contribution >= 4 is 33.9 Å². The molecule has 0 spiro atoms. The highest BCUT2D eigenvalue weighted by atomic mass is 32.1. The van der Waals surface area contributed by atoms with Gasteiger partial charge in [0.2, 0.25) is 0 Å². The van der Waals surface area contributed by atoms with E-state index in [9.17, 15) is 9.59 Å². The van der Waals surface area contributed by atoms with E-state index in [2.05, 4.69) is 16.8 Å². The Bertz CT molecular complexity index is 562. The van der Waals surface area contributed by atoms with Crippen LogP contribution in [0.25, 0.3) is 0 Å². The van der Waals surface area contributed by atoms with Crippen molar-refractivity contribution in [1.29, 1.82) is 0 Å². The molecule has 0 radical (unpaired) electrons. The molecule has 1 aliphatic heterocycles. The van der Waals surface area contributed by atoms with Crippen LogP contribution in [0.2, 0.25) is 0 Å². The molecule has 0 saturated carbocycles. The van der Waals surface area contributed by atoms with Gasteiger partial charge in [0.25, 0.3) is 5.91 Å². The molecule has 1 aliphatic rings. The molecule has 1 aromatic rings. The summed E-state index contributed by atoms with van der Waals surface area (Å²) in [5, 5.41) is 3.40. The Hall–Kier alpha value is -2.02. The van der Waals surface area contributed by atoms with Gasteiger partial charge in [-0.1, -0.05) is 6.08 Å². The molecule has 1 amide bonds. The first-order chi connectivity index (χ1) is 10.1. The van der Waals surface area contributed by atoms with Crippen molar-refractivity contribution < 1.29 is 14.3 Å². The molecule has 21 heavy (non-hydrogen) atoms. The molecule has 1 fully saturated rings. The first kappa shape index (κ1) is 15.4. The summed E-state index contributed by atoms with van der Waals surface area (Å²) in [6.45, 7) is 5.62. The number of ether oxygens (including phenoxy) is 1. The number of methoxy groups -OCH3 is 1. The fraction of sp³-hybridized carbons (Fsp3) is 0.429. The Kier molecular flexibility index (Phi) is 4.85. The Morgan fingerprint density at radius 3 is 2.71 bits per heavy atom. The van der Waals surface area contributed by atoms with Crippen LogP contribution in [0.4, 0.5) is 10.7 Å². The van der Waals surface area contributed by atoms with E-state index >= 15 is 0 Å². The van der Waals surface area contributed by atoms with Crippen molar-refractivity contribution in [2.75, 3.05) is 37.4 Å². The molecule has 114 valence electrons. The zero-order valence-corrected chi connectivity index (χ0v) is 12.8. The maximum atomic E-state index is 12.1. The molecular formula is C14H19N3O3S. The molecule has 0 unspecified atom stereocenters. The van der Waals surface area contributed by atoms with Crippen molar-refractivity contribution in [3.63, 3.8) is 0 Å². The van der Waals surface area contributed by atoms with Crippen LogP contribution in [0.15, 0.2) is 12.7 Å². The molecule has 1 saturated heterocycles. The monoisotopic (exact) mass is 309 g/mol. The maximum Gasteiger partial charge on any atom is 0.343 e. The van der Waals surface area contributed by atoms with Crippen LogP contribution in [-0.2, 0) is 4.74 Å². The fourth-order valence-corrected chi connectivity index (χ4v) is 3.46. The third kappa shape index (κ3) is 3.02. The minimum Gasteiger partial charge on any atom is -0.465 e. The van der Waals surface area contributed by atoms with Crippen molar-refractivity contribution in [2.45, 2.75) is 12.8 Å². The highest BCUT2D eigenvalue weighted by Gasteiger charge is 2.29. The first-order valence-electron chi connectivity index (χ1n) is 6.74. The SMILES string of the molecule is C=CCNC(=O)c1sc(N2CCCC2)c(C(=O)OC)c1N. The molecule has 6 nitrogen and oxygen atoms in total. The number of anilines is 2. The van der Waals surface area contributed by atoms with Gasteiger partial charge in [-0.2, -0.15) is 0 Å². The zero-order chi connectivity index (χ0) is 15.4. The first-order valence-corrected chi connectivity index (χ1v) is 7.56. The summed E-state index contributed by atoms with van der Waals surface area (Å²) in [6.07, 6.45) is 3.72. The number of nitrogen functional groups attached to an aromatic ring is 1. The molecule has 2 rings (SSSR count). The number of nitrogens with zero attached hydrogens (tertiary/aromatic N) is 1. The Labute approximate surface area is 127 Å². The van der Waals surface area contributed by atoms with E-state index < -0.39 is 5.97 Å². The third-order valence-corrected chi connectivity index (χ3v) is 4.59. The molecule has 0 bridgehead atoms. The summed E-state index contributed by atoms with van der Waals surface area (Å²) in [5.74, 6) is -0.804. The van der Waals surface area contributed by atoms with Crippen molar-refractivity contribution in [2.24, 2.45) is 0 Å². The van der Waals surface area contributed by atoms with Gasteiger partial charge < -0.3 is 20.7 Å². The van der Waals surface area contributed by atoms with Gasteiger partial charge in [-0.15, -0.1) is 17.9 Å². The summed E-state index contributed by atoms with van der Waals surface area (Å²) in [4.78, 5) is 26.5. The van der Waals surface area contributed by atoms with E-state index in [1.165, 1.54) is 18.4 Å². The van der Waals surface area contributed by atoms with Gasteiger partial charge in [-0.25, -0.2) is 4.79 Å². The predicted octanol–water partition coefficient (Wildman–Crippen LogP) is 1.63. The van der Waals surface area contributed by atoms with Crippen LogP contribution in [0, 0.1) is 0 Å². The van der Waals surface area contributed by atoms with E-state index in [-0.39, 0.29) is 11.6 Å². The summed E-state index contributed by atoms with van der Waals surface area (Å²) >= 11 is 1.24. The lowest BCUT2D eigenvalue weighted by molar-refractivity contribution is 0.0603. The number of esters is 1. The molecule has 0 aliphatic carbocycles. The van der Waals surface area contributed by atoms with E-state index in [1.807, 2.05) is 0 Å². The number of hydrogen-bond donors (Lipinski definition) is 2. The van der Waals surface area contributed by atoms with Gasteiger partial charge in [0.15, 0.2) is 0 Å². The highest BCUT2D eigenvalue weighted by molar-refractivity contribution is 7.19. The highest BCUT2D eigenvalue weighted by Crippen LogP contribution is 2.40.